The van der Waals surface area contributed by atoms with E-state index in [1.807, 2.05) is 30.3 Å². The first kappa shape index (κ1) is 12.9. The fourth-order valence-corrected chi connectivity index (χ4v) is 2.54. The number of para-hydroxylation sites is 1. The second-order valence-corrected chi connectivity index (χ2v) is 5.08. The lowest BCUT2D eigenvalue weighted by molar-refractivity contribution is 0.274. The van der Waals surface area contributed by atoms with Gasteiger partial charge in [-0.2, -0.15) is 0 Å². The van der Waals surface area contributed by atoms with Crippen LogP contribution in [0.4, 0.5) is 5.82 Å². The van der Waals surface area contributed by atoms with Crippen LogP contribution < -0.4 is 15.8 Å². The van der Waals surface area contributed by atoms with E-state index in [1.54, 1.807) is 6.20 Å². The van der Waals surface area contributed by atoms with E-state index in [0.717, 1.165) is 29.1 Å². The topological polar surface area (TPSA) is 60.2 Å². The van der Waals surface area contributed by atoms with Gasteiger partial charge in [0.25, 0.3) is 0 Å². The Labute approximate surface area is 123 Å². The van der Waals surface area contributed by atoms with Crippen molar-refractivity contribution in [2.45, 2.75) is 12.5 Å². The number of anilines is 1. The molecule has 1 aromatic carbocycles. The maximum absolute atomic E-state index is 5.74. The summed E-state index contributed by atoms with van der Waals surface area (Å²) in [6, 6.07) is 11.9. The third-order valence-electron chi connectivity index (χ3n) is 3.34. The van der Waals surface area contributed by atoms with E-state index >= 15 is 0 Å². The first-order chi connectivity index (χ1) is 9.75. The van der Waals surface area contributed by atoms with Crippen LogP contribution in [-0.2, 0) is 0 Å². The molecule has 3 rings (SSSR count). The molecule has 1 aliphatic rings. The molecule has 1 aromatic heterocycles. The highest BCUT2D eigenvalue weighted by molar-refractivity contribution is 7.80. The van der Waals surface area contributed by atoms with Gasteiger partial charge in [-0.1, -0.05) is 30.4 Å². The standard InChI is InChI=1S/C15H15N3OS/c16-14(20)11-5-3-8-17-15(11)18-12-7-9-19-13-6-2-1-4-10(12)13/h1-6,8,12H,7,9H2,(H2,16,20)(H,17,18). The highest BCUT2D eigenvalue weighted by Gasteiger charge is 2.22. The predicted molar refractivity (Wildman–Crippen MR) is 83.0 cm³/mol. The Morgan fingerprint density at radius 1 is 1.30 bits per heavy atom. The molecule has 0 amide bonds. The van der Waals surface area contributed by atoms with E-state index in [-0.39, 0.29) is 6.04 Å². The molecular weight excluding hydrogens is 270 g/mol. The normalized spacial score (nSPS) is 16.9. The number of hydrogen-bond acceptors (Lipinski definition) is 4. The number of ether oxygens (including phenoxy) is 1. The molecule has 5 heteroatoms. The minimum Gasteiger partial charge on any atom is -0.493 e. The Hall–Kier alpha value is -2.14. The lowest BCUT2D eigenvalue weighted by Gasteiger charge is -2.27. The van der Waals surface area contributed by atoms with Gasteiger partial charge in [0.05, 0.1) is 18.2 Å². The first-order valence-corrected chi connectivity index (χ1v) is 6.89. The van der Waals surface area contributed by atoms with Gasteiger partial charge in [0, 0.05) is 18.2 Å². The van der Waals surface area contributed by atoms with Gasteiger partial charge >= 0.3 is 0 Å². The van der Waals surface area contributed by atoms with Crippen molar-refractivity contribution in [1.82, 2.24) is 4.98 Å². The molecule has 0 bridgehead atoms. The molecule has 102 valence electrons. The summed E-state index contributed by atoms with van der Waals surface area (Å²) in [5, 5.41) is 3.43. The van der Waals surface area contributed by atoms with Crippen molar-refractivity contribution in [1.29, 1.82) is 0 Å². The average Bonchev–Trinajstić information content (AvgIpc) is 2.48. The molecule has 0 fully saturated rings. The van der Waals surface area contributed by atoms with E-state index in [2.05, 4.69) is 16.4 Å². The number of nitrogens with one attached hydrogen (secondary N) is 1. The largest absolute Gasteiger partial charge is 0.493 e. The molecule has 0 aliphatic carbocycles. The lowest BCUT2D eigenvalue weighted by Crippen LogP contribution is -2.22. The number of pyridine rings is 1. The Balaban J connectivity index is 1.92. The summed E-state index contributed by atoms with van der Waals surface area (Å²) >= 11 is 5.07. The molecule has 1 aliphatic heterocycles. The van der Waals surface area contributed by atoms with E-state index < -0.39 is 0 Å². The smallest absolute Gasteiger partial charge is 0.136 e. The minimum absolute atomic E-state index is 0.156. The summed E-state index contributed by atoms with van der Waals surface area (Å²) in [6.45, 7) is 0.684. The molecule has 0 saturated heterocycles. The molecule has 2 heterocycles. The van der Waals surface area contributed by atoms with Crippen molar-refractivity contribution in [3.63, 3.8) is 0 Å². The van der Waals surface area contributed by atoms with Crippen molar-refractivity contribution >= 4 is 23.0 Å². The highest BCUT2D eigenvalue weighted by Crippen LogP contribution is 2.34. The number of benzene rings is 1. The van der Waals surface area contributed by atoms with Gasteiger partial charge in [-0.05, 0) is 18.2 Å². The third kappa shape index (κ3) is 2.44. The van der Waals surface area contributed by atoms with Crippen molar-refractivity contribution in [3.05, 3.63) is 53.7 Å². The molecule has 1 atom stereocenters. The van der Waals surface area contributed by atoms with Gasteiger partial charge in [-0.25, -0.2) is 4.98 Å². The zero-order valence-electron chi connectivity index (χ0n) is 10.9. The molecule has 2 aromatic rings. The maximum atomic E-state index is 5.74. The van der Waals surface area contributed by atoms with Crippen LogP contribution in [0, 0.1) is 0 Å². The lowest BCUT2D eigenvalue weighted by atomic mass is 10.0. The molecule has 0 saturated carbocycles. The summed E-state index contributed by atoms with van der Waals surface area (Å²) in [7, 11) is 0. The van der Waals surface area contributed by atoms with E-state index in [9.17, 15) is 0 Å². The number of thiocarbonyl (C=S) groups is 1. The van der Waals surface area contributed by atoms with Gasteiger partial charge in [-0.3, -0.25) is 0 Å². The fraction of sp³-hybridized carbons (Fsp3) is 0.200. The number of aromatic nitrogens is 1. The van der Waals surface area contributed by atoms with Crippen molar-refractivity contribution in [3.8, 4) is 5.75 Å². The number of nitrogens with zero attached hydrogens (tertiary/aromatic N) is 1. The van der Waals surface area contributed by atoms with E-state index in [4.69, 9.17) is 22.7 Å². The zero-order chi connectivity index (χ0) is 13.9. The number of nitrogens with two attached hydrogens (primary N) is 1. The van der Waals surface area contributed by atoms with Gasteiger partial charge < -0.3 is 15.8 Å². The number of hydrogen-bond donors (Lipinski definition) is 2. The van der Waals surface area contributed by atoms with Crippen LogP contribution >= 0.6 is 12.2 Å². The first-order valence-electron chi connectivity index (χ1n) is 6.49. The summed E-state index contributed by atoms with van der Waals surface area (Å²) in [6.07, 6.45) is 2.61. The van der Waals surface area contributed by atoms with Crippen LogP contribution in [0.5, 0.6) is 5.75 Å². The Kier molecular flexibility index (Phi) is 3.52. The third-order valence-corrected chi connectivity index (χ3v) is 3.56. The molecule has 0 radical (unpaired) electrons. The second kappa shape index (κ2) is 5.46. The van der Waals surface area contributed by atoms with Crippen LogP contribution in [0.3, 0.4) is 0 Å². The summed E-state index contributed by atoms with van der Waals surface area (Å²) in [5.41, 5.74) is 7.65. The van der Waals surface area contributed by atoms with Crippen molar-refractivity contribution in [2.24, 2.45) is 5.73 Å². The van der Waals surface area contributed by atoms with Crippen LogP contribution in [0.15, 0.2) is 42.6 Å². The number of fused-ring (bicyclic) bond motifs is 1. The molecule has 4 nitrogen and oxygen atoms in total. The summed E-state index contributed by atoms with van der Waals surface area (Å²) in [4.78, 5) is 4.70. The Morgan fingerprint density at radius 2 is 2.15 bits per heavy atom. The highest BCUT2D eigenvalue weighted by atomic mass is 32.1. The molecule has 0 spiro atoms. The second-order valence-electron chi connectivity index (χ2n) is 4.64. The molecule has 20 heavy (non-hydrogen) atoms. The quantitative estimate of drug-likeness (QED) is 0.849. The van der Waals surface area contributed by atoms with Gasteiger partial charge in [0.15, 0.2) is 0 Å². The fourth-order valence-electron chi connectivity index (χ4n) is 2.38. The minimum atomic E-state index is 0.156. The Bertz CT molecular complexity index is 645. The van der Waals surface area contributed by atoms with Gasteiger partial charge in [-0.15, -0.1) is 0 Å². The zero-order valence-corrected chi connectivity index (χ0v) is 11.7. The number of rotatable bonds is 3. The van der Waals surface area contributed by atoms with Gasteiger partial charge in [0.1, 0.15) is 16.6 Å². The maximum Gasteiger partial charge on any atom is 0.136 e. The van der Waals surface area contributed by atoms with Crippen LogP contribution in [-0.4, -0.2) is 16.6 Å². The molecule has 3 N–H and O–H groups in total. The average molecular weight is 285 g/mol. The predicted octanol–water partition coefficient (Wildman–Crippen LogP) is 2.65. The van der Waals surface area contributed by atoms with Crippen LogP contribution in [0.1, 0.15) is 23.6 Å². The summed E-state index contributed by atoms with van der Waals surface area (Å²) < 4.78 is 5.66. The Morgan fingerprint density at radius 3 is 3.00 bits per heavy atom. The monoisotopic (exact) mass is 285 g/mol. The van der Waals surface area contributed by atoms with E-state index in [0.29, 0.717) is 11.6 Å². The van der Waals surface area contributed by atoms with Gasteiger partial charge in [0.2, 0.25) is 0 Å². The summed E-state index contributed by atoms with van der Waals surface area (Å²) in [5.74, 6) is 1.64. The molecule has 1 unspecified atom stereocenters. The van der Waals surface area contributed by atoms with Crippen molar-refractivity contribution in [2.75, 3.05) is 11.9 Å². The van der Waals surface area contributed by atoms with Crippen LogP contribution in [0.2, 0.25) is 0 Å². The SMILES string of the molecule is NC(=S)c1cccnc1NC1CCOc2ccccc21. The van der Waals surface area contributed by atoms with Crippen molar-refractivity contribution < 1.29 is 4.74 Å². The molecular formula is C15H15N3OS. The van der Waals surface area contributed by atoms with Crippen LogP contribution in [0.25, 0.3) is 0 Å². The van der Waals surface area contributed by atoms with E-state index in [1.165, 1.54) is 0 Å².